The van der Waals surface area contributed by atoms with Gasteiger partial charge >= 0.3 is 0 Å². The fraction of sp³-hybridized carbons (Fsp3) is 0.458. The van der Waals surface area contributed by atoms with Crippen LogP contribution in [0.4, 0.5) is 27.8 Å². The molecule has 3 atom stereocenters. The first-order valence-electron chi connectivity index (χ1n) is 24.3. The Morgan fingerprint density at radius 3 is 2.00 bits per heavy atom. The van der Waals surface area contributed by atoms with Gasteiger partial charge < -0.3 is 9.80 Å². The van der Waals surface area contributed by atoms with Gasteiger partial charge in [0.2, 0.25) is 0 Å². The fourth-order valence-electron chi connectivity index (χ4n) is 13.6. The van der Waals surface area contributed by atoms with Crippen molar-refractivity contribution in [3.05, 3.63) is 135 Å². The maximum Gasteiger partial charge on any atom is 0.253 e. The highest BCUT2D eigenvalue weighted by Gasteiger charge is 2.58. The molecule has 1 aromatic heterocycles. The zero-order chi connectivity index (χ0) is 44.4. The molecule has 4 heterocycles. The zero-order valence-corrected chi connectivity index (χ0v) is 41.4. The molecule has 1 fully saturated rings. The number of rotatable bonds is 3. The summed E-state index contributed by atoms with van der Waals surface area (Å²) in [5, 5.41) is 1.47. The van der Waals surface area contributed by atoms with Crippen molar-refractivity contribution in [3.63, 3.8) is 0 Å². The predicted molar refractivity (Wildman–Crippen MR) is 273 cm³/mol. The molecule has 3 aliphatic carbocycles. The van der Waals surface area contributed by atoms with E-state index in [0.29, 0.717) is 5.92 Å². The van der Waals surface area contributed by atoms with Gasteiger partial charge in [-0.1, -0.05) is 143 Å². The van der Waals surface area contributed by atoms with Crippen LogP contribution in [0, 0.1) is 23.7 Å². The minimum Gasteiger partial charge on any atom is -0.315 e. The Hall–Kier alpha value is -4.28. The first-order chi connectivity index (χ1) is 29.6. The van der Waals surface area contributed by atoms with Crippen LogP contribution in [0.25, 0.3) is 11.1 Å². The minimum absolute atomic E-state index is 0.0214. The second-order valence-corrected chi connectivity index (χ2v) is 25.8. The number of benzene rings is 4. The van der Waals surface area contributed by atoms with E-state index in [1.165, 1.54) is 105 Å². The maximum absolute atomic E-state index is 2.87. The van der Waals surface area contributed by atoms with Crippen LogP contribution in [-0.2, 0) is 21.7 Å². The molecule has 3 unspecified atom stereocenters. The summed E-state index contributed by atoms with van der Waals surface area (Å²) in [6.07, 6.45) is 11.4. The van der Waals surface area contributed by atoms with Crippen LogP contribution in [-0.4, -0.2) is 6.71 Å². The van der Waals surface area contributed by atoms with Crippen molar-refractivity contribution in [1.29, 1.82) is 0 Å². The standard InChI is InChI=1S/C59H69BN2S/c1-36-31-47-50-48(32-36)62(45-25-21-39(55(5,6)7)33-41(45)37-17-15-14-16-18-37)46-26-24-42-43-34-44(46)60(50)51-49-52(63-53(51)61(47)40-22-19-38(20-23-40)54(2,3)4)57(10,11)28-30-59(49,13)35-58(43,12)29-27-56(42,8)9/h14-23,25,31-34,42H,24,26-30,35H2,1-13H3. The lowest BCUT2D eigenvalue weighted by Crippen LogP contribution is -2.57. The molecular formula is C59H69BN2S. The normalized spacial score (nSPS) is 25.3. The Morgan fingerprint density at radius 1 is 0.667 bits per heavy atom. The Labute approximate surface area is 384 Å². The van der Waals surface area contributed by atoms with Crippen LogP contribution in [0.1, 0.15) is 155 Å². The summed E-state index contributed by atoms with van der Waals surface area (Å²) in [6, 6.07) is 33.5. The highest BCUT2D eigenvalue weighted by atomic mass is 32.1. The lowest BCUT2D eigenvalue weighted by Gasteiger charge is -2.54. The molecule has 11 rings (SSSR count). The number of allylic oxidation sites excluding steroid dienone is 4. The quantitative estimate of drug-likeness (QED) is 0.167. The van der Waals surface area contributed by atoms with Gasteiger partial charge in [0.1, 0.15) is 0 Å². The monoisotopic (exact) mass is 849 g/mol. The van der Waals surface area contributed by atoms with Crippen LogP contribution in [0.3, 0.4) is 0 Å². The first kappa shape index (κ1) is 41.4. The van der Waals surface area contributed by atoms with E-state index in [4.69, 9.17) is 0 Å². The van der Waals surface area contributed by atoms with Crippen LogP contribution in [0.2, 0.25) is 0 Å². The molecule has 0 spiro atoms. The molecule has 0 amide bonds. The van der Waals surface area contributed by atoms with Crippen LogP contribution in [0.5, 0.6) is 0 Å². The summed E-state index contributed by atoms with van der Waals surface area (Å²) >= 11 is 2.15. The Morgan fingerprint density at radius 2 is 1.32 bits per heavy atom. The van der Waals surface area contributed by atoms with Crippen LogP contribution >= 0.6 is 11.3 Å². The number of hydrogen-bond acceptors (Lipinski definition) is 3. The van der Waals surface area contributed by atoms with Crippen molar-refractivity contribution in [2.45, 2.75) is 157 Å². The van der Waals surface area contributed by atoms with Gasteiger partial charge in [-0.2, -0.15) is 0 Å². The molecular weight excluding hydrogens is 780 g/mol. The van der Waals surface area contributed by atoms with E-state index in [0.717, 1.165) is 6.42 Å². The number of hydrogen-bond donors (Lipinski definition) is 0. The highest BCUT2D eigenvalue weighted by molar-refractivity contribution is 7.20. The van der Waals surface area contributed by atoms with E-state index in [2.05, 4.69) is 202 Å². The van der Waals surface area contributed by atoms with Gasteiger partial charge in [0.15, 0.2) is 0 Å². The molecule has 5 aromatic rings. The van der Waals surface area contributed by atoms with Crippen LogP contribution < -0.4 is 20.7 Å². The summed E-state index contributed by atoms with van der Waals surface area (Å²) in [4.78, 5) is 7.18. The lowest BCUT2D eigenvalue weighted by molar-refractivity contribution is 0.0825. The molecule has 4 aromatic carbocycles. The van der Waals surface area contributed by atoms with Crippen molar-refractivity contribution in [2.24, 2.45) is 16.7 Å². The molecule has 0 radical (unpaired) electrons. The summed E-state index contributed by atoms with van der Waals surface area (Å²) < 4.78 is 0. The number of nitrogens with zero attached hydrogens (tertiary/aromatic N) is 2. The minimum atomic E-state index is 0.0214. The average Bonchev–Trinajstić information content (AvgIpc) is 3.53. The van der Waals surface area contributed by atoms with E-state index in [9.17, 15) is 0 Å². The van der Waals surface area contributed by atoms with Crippen molar-refractivity contribution < 1.29 is 0 Å². The van der Waals surface area contributed by atoms with Crippen molar-refractivity contribution in [3.8, 4) is 11.1 Å². The topological polar surface area (TPSA) is 6.48 Å². The van der Waals surface area contributed by atoms with Gasteiger partial charge in [-0.25, -0.2) is 0 Å². The SMILES string of the molecule is Cc1cc2c3c(c1)N(c1ccc(C(C)(C)C)cc1)c1sc4c5c1B3C1=C(CCC3C(=C1)C(C)(CCC3(C)C)CC5(C)CCC4(C)C)N2c1ccc(C(C)(C)C)cc1-c1ccccc1. The molecule has 6 aliphatic rings. The summed E-state index contributed by atoms with van der Waals surface area (Å²) in [6.45, 7) is 32.3. The van der Waals surface area contributed by atoms with Gasteiger partial charge in [-0.3, -0.25) is 0 Å². The van der Waals surface area contributed by atoms with Gasteiger partial charge in [-0.05, 0) is 171 Å². The van der Waals surface area contributed by atoms with E-state index in [1.54, 1.807) is 26.9 Å². The smallest absolute Gasteiger partial charge is 0.253 e. The molecule has 2 bridgehead atoms. The molecule has 4 heteroatoms. The van der Waals surface area contributed by atoms with Gasteiger partial charge in [0.25, 0.3) is 6.71 Å². The molecule has 324 valence electrons. The van der Waals surface area contributed by atoms with Crippen LogP contribution in [0.15, 0.2) is 108 Å². The Kier molecular flexibility index (Phi) is 8.81. The lowest BCUT2D eigenvalue weighted by atomic mass is 9.32. The number of anilines is 5. The average molecular weight is 849 g/mol. The Balaban J connectivity index is 1.29. The van der Waals surface area contributed by atoms with E-state index >= 15 is 0 Å². The molecule has 2 nitrogen and oxygen atoms in total. The first-order valence-corrected chi connectivity index (χ1v) is 25.1. The van der Waals surface area contributed by atoms with Gasteiger partial charge in [0, 0.05) is 33.2 Å². The second kappa shape index (κ2) is 13.4. The molecule has 63 heavy (non-hydrogen) atoms. The largest absolute Gasteiger partial charge is 0.315 e. The molecule has 3 aliphatic heterocycles. The van der Waals surface area contributed by atoms with Gasteiger partial charge in [0.05, 0.1) is 10.7 Å². The molecule has 0 saturated heterocycles. The van der Waals surface area contributed by atoms with E-state index < -0.39 is 0 Å². The van der Waals surface area contributed by atoms with Crippen molar-refractivity contribution >= 4 is 56.7 Å². The molecule has 1 saturated carbocycles. The molecule has 0 N–H and O–H groups in total. The fourth-order valence-corrected chi connectivity index (χ4v) is 15.2. The van der Waals surface area contributed by atoms with E-state index in [-0.39, 0.29) is 39.2 Å². The maximum atomic E-state index is 2.87. The summed E-state index contributed by atoms with van der Waals surface area (Å²) in [5.74, 6) is 0.546. The third-order valence-corrected chi connectivity index (χ3v) is 18.7. The summed E-state index contributed by atoms with van der Waals surface area (Å²) in [5.41, 5.74) is 22.3. The third kappa shape index (κ3) is 6.08. The number of thiophene rings is 1. The number of aryl methyl sites for hydroxylation is 1. The Bertz CT molecular complexity index is 2780. The zero-order valence-electron chi connectivity index (χ0n) is 40.6. The third-order valence-electron chi connectivity index (χ3n) is 17.2. The van der Waals surface area contributed by atoms with Crippen molar-refractivity contribution in [1.82, 2.24) is 0 Å². The van der Waals surface area contributed by atoms with Crippen molar-refractivity contribution in [2.75, 3.05) is 9.80 Å². The summed E-state index contributed by atoms with van der Waals surface area (Å²) in [7, 11) is 0. The second-order valence-electron chi connectivity index (χ2n) is 24.8. The highest BCUT2D eigenvalue weighted by Crippen LogP contribution is 2.64. The predicted octanol–water partition coefficient (Wildman–Crippen LogP) is 15.6. The van der Waals surface area contributed by atoms with Gasteiger partial charge in [-0.15, -0.1) is 11.3 Å². The van der Waals surface area contributed by atoms with E-state index in [1.807, 2.05) is 0 Å².